The van der Waals surface area contributed by atoms with Gasteiger partial charge in [-0.05, 0) is 80.1 Å². The Morgan fingerprint density at radius 1 is 0.926 bits per heavy atom. The third-order valence-electron chi connectivity index (χ3n) is 6.20. The maximum Gasteiger partial charge on any atom is 0.119 e. The van der Waals surface area contributed by atoms with Crippen LogP contribution in [0.5, 0.6) is 11.5 Å². The Morgan fingerprint density at radius 2 is 1.63 bits per heavy atom. The van der Waals surface area contributed by atoms with Gasteiger partial charge in [-0.25, -0.2) is 0 Å². The van der Waals surface area contributed by atoms with E-state index in [1.165, 1.54) is 43.6 Å². The zero-order valence-electron chi connectivity index (χ0n) is 16.2. The van der Waals surface area contributed by atoms with Crippen LogP contribution in [0.1, 0.15) is 24.8 Å². The molecular weight excluding hydrogens is 336 g/mol. The van der Waals surface area contributed by atoms with Crippen LogP contribution < -0.4 is 9.64 Å². The highest BCUT2D eigenvalue weighted by atomic mass is 16.5. The molecule has 0 spiro atoms. The predicted octanol–water partition coefficient (Wildman–Crippen LogP) is 3.93. The maximum atomic E-state index is 9.44. The fourth-order valence-corrected chi connectivity index (χ4v) is 4.61. The fraction of sp³-hybridized carbons (Fsp3) is 0.478. The third-order valence-corrected chi connectivity index (χ3v) is 6.20. The first kappa shape index (κ1) is 18.2. The summed E-state index contributed by atoms with van der Waals surface area (Å²) in [5.41, 5.74) is 2.65. The van der Waals surface area contributed by atoms with Crippen molar-refractivity contribution in [3.8, 4) is 11.5 Å². The van der Waals surface area contributed by atoms with Gasteiger partial charge in [-0.2, -0.15) is 0 Å². The highest BCUT2D eigenvalue weighted by molar-refractivity contribution is 5.49. The third kappa shape index (κ3) is 4.38. The van der Waals surface area contributed by atoms with E-state index < -0.39 is 0 Å². The average molecular weight is 367 g/mol. The van der Waals surface area contributed by atoms with Gasteiger partial charge in [0.25, 0.3) is 0 Å². The van der Waals surface area contributed by atoms with E-state index in [1.807, 2.05) is 0 Å². The molecule has 2 heterocycles. The summed E-state index contributed by atoms with van der Waals surface area (Å²) in [5, 5.41) is 9.44. The number of benzene rings is 2. The lowest BCUT2D eigenvalue weighted by atomic mass is 9.98. The maximum absolute atomic E-state index is 9.44. The topological polar surface area (TPSA) is 35.9 Å². The number of rotatable bonds is 5. The lowest BCUT2D eigenvalue weighted by molar-refractivity contribution is 0.200. The molecule has 4 nitrogen and oxygen atoms in total. The molecule has 1 N–H and O–H groups in total. The molecule has 2 saturated heterocycles. The summed E-state index contributed by atoms with van der Waals surface area (Å²) in [6, 6.07) is 16.9. The van der Waals surface area contributed by atoms with Gasteiger partial charge >= 0.3 is 0 Å². The van der Waals surface area contributed by atoms with E-state index in [4.69, 9.17) is 4.74 Å². The molecule has 2 fully saturated rings. The standard InChI is InChI=1S/C23H30N2O2/c1-27-23-8-4-20(5-9-23)24-14-11-21(12-15-24)25-13-10-19(17-25)16-18-2-6-22(26)7-3-18/h2-9,19,21,26H,10-17H2,1H3. The molecule has 1 unspecified atom stereocenters. The number of phenolic OH excluding ortho intramolecular Hbond substituents is 1. The van der Waals surface area contributed by atoms with Crippen molar-refractivity contribution in [3.63, 3.8) is 0 Å². The SMILES string of the molecule is COc1ccc(N2CCC(N3CCC(Cc4ccc(O)cc4)C3)CC2)cc1. The number of ether oxygens (including phenoxy) is 1. The Balaban J connectivity index is 1.26. The lowest BCUT2D eigenvalue weighted by Crippen LogP contribution is -2.44. The Labute approximate surface area is 162 Å². The van der Waals surface area contributed by atoms with Gasteiger partial charge in [0.2, 0.25) is 0 Å². The number of phenols is 1. The summed E-state index contributed by atoms with van der Waals surface area (Å²) in [6.45, 7) is 4.72. The van der Waals surface area contributed by atoms with Crippen molar-refractivity contribution in [2.24, 2.45) is 5.92 Å². The van der Waals surface area contributed by atoms with Crippen molar-refractivity contribution in [1.29, 1.82) is 0 Å². The van der Waals surface area contributed by atoms with Crippen LogP contribution in [0, 0.1) is 5.92 Å². The first-order valence-electron chi connectivity index (χ1n) is 10.1. The van der Waals surface area contributed by atoms with Crippen LogP contribution in [0.3, 0.4) is 0 Å². The Kier molecular flexibility index (Phi) is 5.53. The van der Waals surface area contributed by atoms with Crippen LogP contribution in [-0.4, -0.2) is 49.3 Å². The lowest BCUT2D eigenvalue weighted by Gasteiger charge is -2.38. The first-order chi connectivity index (χ1) is 13.2. The Bertz CT molecular complexity index is 721. The molecular formula is C23H30N2O2. The second kappa shape index (κ2) is 8.22. The summed E-state index contributed by atoms with van der Waals surface area (Å²) in [7, 11) is 1.71. The number of anilines is 1. The molecule has 1 atom stereocenters. The van der Waals surface area contributed by atoms with E-state index in [-0.39, 0.29) is 0 Å². The van der Waals surface area contributed by atoms with Gasteiger partial charge in [-0.15, -0.1) is 0 Å². The largest absolute Gasteiger partial charge is 0.508 e. The summed E-state index contributed by atoms with van der Waals surface area (Å²) >= 11 is 0. The number of nitrogens with zero attached hydrogens (tertiary/aromatic N) is 2. The molecule has 4 rings (SSSR count). The van der Waals surface area contributed by atoms with E-state index in [9.17, 15) is 5.11 Å². The van der Waals surface area contributed by atoms with E-state index in [2.05, 4.69) is 46.2 Å². The van der Waals surface area contributed by atoms with Gasteiger partial charge in [-0.3, -0.25) is 4.90 Å². The van der Waals surface area contributed by atoms with Crippen LogP contribution in [0.15, 0.2) is 48.5 Å². The fourth-order valence-electron chi connectivity index (χ4n) is 4.61. The zero-order valence-corrected chi connectivity index (χ0v) is 16.2. The molecule has 0 saturated carbocycles. The molecule has 0 aromatic heterocycles. The van der Waals surface area contributed by atoms with E-state index in [0.29, 0.717) is 5.75 Å². The summed E-state index contributed by atoms with van der Waals surface area (Å²) in [5.74, 6) is 2.02. The molecule has 0 amide bonds. The first-order valence-corrected chi connectivity index (χ1v) is 10.1. The molecule has 144 valence electrons. The van der Waals surface area contributed by atoms with Crippen molar-refractivity contribution >= 4 is 5.69 Å². The monoisotopic (exact) mass is 366 g/mol. The summed E-state index contributed by atoms with van der Waals surface area (Å²) < 4.78 is 5.26. The number of aromatic hydroxyl groups is 1. The summed E-state index contributed by atoms with van der Waals surface area (Å²) in [4.78, 5) is 5.22. The van der Waals surface area contributed by atoms with E-state index in [1.54, 1.807) is 19.2 Å². The number of hydrogen-bond donors (Lipinski definition) is 1. The van der Waals surface area contributed by atoms with Crippen molar-refractivity contribution in [3.05, 3.63) is 54.1 Å². The molecule has 2 aromatic rings. The van der Waals surface area contributed by atoms with Crippen LogP contribution >= 0.6 is 0 Å². The van der Waals surface area contributed by atoms with Gasteiger partial charge in [0.1, 0.15) is 11.5 Å². The van der Waals surface area contributed by atoms with Crippen LogP contribution in [0.25, 0.3) is 0 Å². The highest BCUT2D eigenvalue weighted by Gasteiger charge is 2.30. The molecule has 0 radical (unpaired) electrons. The molecule has 0 bridgehead atoms. The number of methoxy groups -OCH3 is 1. The van der Waals surface area contributed by atoms with Gasteiger partial charge in [0.05, 0.1) is 7.11 Å². The van der Waals surface area contributed by atoms with Crippen molar-refractivity contribution in [2.75, 3.05) is 38.2 Å². The van der Waals surface area contributed by atoms with Crippen molar-refractivity contribution < 1.29 is 9.84 Å². The van der Waals surface area contributed by atoms with E-state index in [0.717, 1.165) is 37.2 Å². The highest BCUT2D eigenvalue weighted by Crippen LogP contribution is 2.29. The molecule has 2 aliphatic rings. The molecule has 2 aromatic carbocycles. The Hall–Kier alpha value is -2.20. The van der Waals surface area contributed by atoms with Crippen LogP contribution in [-0.2, 0) is 6.42 Å². The molecule has 4 heteroatoms. The quantitative estimate of drug-likeness (QED) is 0.870. The summed E-state index contributed by atoms with van der Waals surface area (Å²) in [6.07, 6.45) is 4.91. The van der Waals surface area contributed by atoms with Gasteiger partial charge in [0.15, 0.2) is 0 Å². The predicted molar refractivity (Wildman–Crippen MR) is 110 cm³/mol. The number of hydrogen-bond acceptors (Lipinski definition) is 4. The van der Waals surface area contributed by atoms with E-state index >= 15 is 0 Å². The van der Waals surface area contributed by atoms with Gasteiger partial charge in [-0.1, -0.05) is 12.1 Å². The minimum absolute atomic E-state index is 0.357. The van der Waals surface area contributed by atoms with Crippen molar-refractivity contribution in [2.45, 2.75) is 31.7 Å². The molecule has 2 aliphatic heterocycles. The number of piperidine rings is 1. The van der Waals surface area contributed by atoms with Crippen molar-refractivity contribution in [1.82, 2.24) is 4.90 Å². The second-order valence-electron chi connectivity index (χ2n) is 7.94. The van der Waals surface area contributed by atoms with Crippen LogP contribution in [0.2, 0.25) is 0 Å². The van der Waals surface area contributed by atoms with Gasteiger partial charge in [0, 0.05) is 31.4 Å². The normalized spacial score (nSPS) is 21.5. The minimum atomic E-state index is 0.357. The molecule has 0 aliphatic carbocycles. The molecule has 27 heavy (non-hydrogen) atoms. The Morgan fingerprint density at radius 3 is 2.30 bits per heavy atom. The van der Waals surface area contributed by atoms with Crippen LogP contribution in [0.4, 0.5) is 5.69 Å². The number of likely N-dealkylation sites (tertiary alicyclic amines) is 1. The van der Waals surface area contributed by atoms with Gasteiger partial charge < -0.3 is 14.7 Å². The second-order valence-corrected chi connectivity index (χ2v) is 7.94. The smallest absolute Gasteiger partial charge is 0.119 e. The minimum Gasteiger partial charge on any atom is -0.508 e. The zero-order chi connectivity index (χ0) is 18.6. The average Bonchev–Trinajstić information content (AvgIpc) is 3.18.